The Balaban J connectivity index is 2.26. The molecule has 16 heavy (non-hydrogen) atoms. The number of methoxy groups -OCH3 is 1. The third-order valence-electron chi connectivity index (χ3n) is 2.52. The predicted octanol–water partition coefficient (Wildman–Crippen LogP) is 3.18. The van der Waals surface area contributed by atoms with Crippen LogP contribution in [0.3, 0.4) is 0 Å². The van der Waals surface area contributed by atoms with Crippen LogP contribution in [0.15, 0.2) is 29.2 Å². The number of hydrogen-bond donors (Lipinski definition) is 1. The van der Waals surface area contributed by atoms with Crippen LogP contribution >= 0.6 is 11.8 Å². The van der Waals surface area contributed by atoms with Crippen LogP contribution in [-0.2, 0) is 0 Å². The monoisotopic (exact) mass is 239 g/mol. The molecular weight excluding hydrogens is 218 g/mol. The molecular formula is C13H21NOS. The molecule has 0 saturated heterocycles. The Bertz CT molecular complexity index is 304. The van der Waals surface area contributed by atoms with Crippen molar-refractivity contribution in [2.75, 3.05) is 19.4 Å². The van der Waals surface area contributed by atoms with E-state index in [1.807, 2.05) is 23.9 Å². The summed E-state index contributed by atoms with van der Waals surface area (Å²) in [6.45, 7) is 5.47. The van der Waals surface area contributed by atoms with Gasteiger partial charge in [-0.05, 0) is 31.5 Å². The van der Waals surface area contributed by atoms with Crippen molar-refractivity contribution in [1.82, 2.24) is 5.32 Å². The molecule has 1 unspecified atom stereocenters. The second-order valence-electron chi connectivity index (χ2n) is 3.79. The average molecular weight is 239 g/mol. The number of benzene rings is 1. The topological polar surface area (TPSA) is 21.3 Å². The first-order chi connectivity index (χ1) is 7.76. The average Bonchev–Trinajstić information content (AvgIpc) is 2.34. The minimum Gasteiger partial charge on any atom is -0.497 e. The van der Waals surface area contributed by atoms with Gasteiger partial charge in [0.1, 0.15) is 5.75 Å². The standard InChI is InChI=1S/C13H21NOS/c1-4-11(2)14-8-9-16-13-7-5-6-12(10-13)15-3/h5-7,10-11,14H,4,8-9H2,1-3H3. The van der Waals surface area contributed by atoms with Crippen LogP contribution in [0, 0.1) is 0 Å². The van der Waals surface area contributed by atoms with Crippen molar-refractivity contribution in [2.24, 2.45) is 0 Å². The maximum absolute atomic E-state index is 5.19. The van der Waals surface area contributed by atoms with Gasteiger partial charge in [0.05, 0.1) is 7.11 Å². The quantitative estimate of drug-likeness (QED) is 0.583. The normalized spacial score (nSPS) is 12.4. The molecule has 1 aromatic carbocycles. The first kappa shape index (κ1) is 13.4. The molecule has 0 fully saturated rings. The van der Waals surface area contributed by atoms with Crippen molar-refractivity contribution in [3.8, 4) is 5.75 Å². The molecule has 0 amide bonds. The van der Waals surface area contributed by atoms with E-state index in [-0.39, 0.29) is 0 Å². The van der Waals surface area contributed by atoms with Gasteiger partial charge in [0.2, 0.25) is 0 Å². The summed E-state index contributed by atoms with van der Waals surface area (Å²) >= 11 is 1.86. The molecule has 1 rings (SSSR count). The largest absolute Gasteiger partial charge is 0.497 e. The van der Waals surface area contributed by atoms with Gasteiger partial charge in [-0.1, -0.05) is 13.0 Å². The summed E-state index contributed by atoms with van der Waals surface area (Å²) in [4.78, 5) is 1.27. The van der Waals surface area contributed by atoms with Gasteiger partial charge in [-0.3, -0.25) is 0 Å². The van der Waals surface area contributed by atoms with E-state index in [1.54, 1.807) is 7.11 Å². The second kappa shape index (κ2) is 7.58. The van der Waals surface area contributed by atoms with E-state index < -0.39 is 0 Å². The molecule has 0 bridgehead atoms. The highest BCUT2D eigenvalue weighted by Gasteiger charge is 1.98. The van der Waals surface area contributed by atoms with Crippen molar-refractivity contribution >= 4 is 11.8 Å². The summed E-state index contributed by atoms with van der Waals surface area (Å²) in [5, 5.41) is 3.48. The van der Waals surface area contributed by atoms with Gasteiger partial charge in [0.15, 0.2) is 0 Å². The highest BCUT2D eigenvalue weighted by Crippen LogP contribution is 2.22. The number of nitrogens with one attached hydrogen (secondary N) is 1. The minimum absolute atomic E-state index is 0.617. The molecule has 2 nitrogen and oxygen atoms in total. The van der Waals surface area contributed by atoms with Crippen molar-refractivity contribution in [3.05, 3.63) is 24.3 Å². The Kier molecular flexibility index (Phi) is 6.34. The van der Waals surface area contributed by atoms with E-state index in [9.17, 15) is 0 Å². The van der Waals surface area contributed by atoms with Gasteiger partial charge in [0.25, 0.3) is 0 Å². The zero-order valence-electron chi connectivity index (χ0n) is 10.3. The van der Waals surface area contributed by atoms with E-state index in [1.165, 1.54) is 11.3 Å². The fourth-order valence-corrected chi connectivity index (χ4v) is 2.14. The van der Waals surface area contributed by atoms with Gasteiger partial charge < -0.3 is 10.1 Å². The first-order valence-electron chi connectivity index (χ1n) is 5.76. The van der Waals surface area contributed by atoms with Crippen LogP contribution in [0.1, 0.15) is 20.3 Å². The van der Waals surface area contributed by atoms with Crippen molar-refractivity contribution in [2.45, 2.75) is 31.2 Å². The van der Waals surface area contributed by atoms with Crippen LogP contribution in [0.2, 0.25) is 0 Å². The Morgan fingerprint density at radius 3 is 2.94 bits per heavy atom. The van der Waals surface area contributed by atoms with Crippen LogP contribution < -0.4 is 10.1 Å². The van der Waals surface area contributed by atoms with E-state index in [0.29, 0.717) is 6.04 Å². The Morgan fingerprint density at radius 2 is 2.25 bits per heavy atom. The molecule has 1 N–H and O–H groups in total. The van der Waals surface area contributed by atoms with Gasteiger partial charge in [-0.15, -0.1) is 11.8 Å². The number of hydrogen-bond acceptors (Lipinski definition) is 3. The molecule has 0 saturated carbocycles. The summed E-state index contributed by atoms with van der Waals surface area (Å²) < 4.78 is 5.19. The number of thioether (sulfide) groups is 1. The molecule has 0 radical (unpaired) electrons. The number of rotatable bonds is 7. The third-order valence-corrected chi connectivity index (χ3v) is 3.51. The van der Waals surface area contributed by atoms with E-state index >= 15 is 0 Å². The molecule has 0 aliphatic heterocycles. The molecule has 0 spiro atoms. The molecule has 90 valence electrons. The van der Waals surface area contributed by atoms with Crippen LogP contribution in [0.5, 0.6) is 5.75 Å². The minimum atomic E-state index is 0.617. The smallest absolute Gasteiger partial charge is 0.119 e. The lowest BCUT2D eigenvalue weighted by molar-refractivity contribution is 0.413. The predicted molar refractivity (Wildman–Crippen MR) is 71.5 cm³/mol. The molecule has 0 heterocycles. The fourth-order valence-electron chi connectivity index (χ4n) is 1.31. The lowest BCUT2D eigenvalue weighted by Gasteiger charge is -2.10. The molecule has 0 aliphatic carbocycles. The highest BCUT2D eigenvalue weighted by molar-refractivity contribution is 7.99. The van der Waals surface area contributed by atoms with Crippen molar-refractivity contribution in [3.63, 3.8) is 0 Å². The summed E-state index contributed by atoms with van der Waals surface area (Å²) in [5.74, 6) is 2.03. The van der Waals surface area contributed by atoms with E-state index in [0.717, 1.165) is 18.0 Å². The first-order valence-corrected chi connectivity index (χ1v) is 6.75. The molecule has 1 atom stereocenters. The second-order valence-corrected chi connectivity index (χ2v) is 4.96. The van der Waals surface area contributed by atoms with Gasteiger partial charge >= 0.3 is 0 Å². The Hall–Kier alpha value is -0.670. The van der Waals surface area contributed by atoms with Gasteiger partial charge in [0, 0.05) is 23.2 Å². The van der Waals surface area contributed by atoms with Crippen LogP contribution in [0.4, 0.5) is 0 Å². The van der Waals surface area contributed by atoms with Crippen molar-refractivity contribution < 1.29 is 4.74 Å². The van der Waals surface area contributed by atoms with Crippen LogP contribution in [0.25, 0.3) is 0 Å². The Morgan fingerprint density at radius 1 is 1.44 bits per heavy atom. The highest BCUT2D eigenvalue weighted by atomic mass is 32.2. The SMILES string of the molecule is CCC(C)NCCSc1cccc(OC)c1. The zero-order chi connectivity index (χ0) is 11.8. The van der Waals surface area contributed by atoms with Crippen LogP contribution in [-0.4, -0.2) is 25.4 Å². The fraction of sp³-hybridized carbons (Fsp3) is 0.538. The maximum atomic E-state index is 5.19. The summed E-state index contributed by atoms with van der Waals surface area (Å²) in [6.07, 6.45) is 1.18. The lowest BCUT2D eigenvalue weighted by atomic mass is 10.3. The third kappa shape index (κ3) is 4.90. The van der Waals surface area contributed by atoms with Crippen molar-refractivity contribution in [1.29, 1.82) is 0 Å². The molecule has 1 aromatic rings. The van der Waals surface area contributed by atoms with Gasteiger partial charge in [-0.25, -0.2) is 0 Å². The van der Waals surface area contributed by atoms with E-state index in [2.05, 4.69) is 31.3 Å². The maximum Gasteiger partial charge on any atom is 0.119 e. The Labute approximate surface area is 103 Å². The summed E-state index contributed by atoms with van der Waals surface area (Å²) in [7, 11) is 1.70. The summed E-state index contributed by atoms with van der Waals surface area (Å²) in [5.41, 5.74) is 0. The molecule has 3 heteroatoms. The molecule has 0 aliphatic rings. The number of ether oxygens (including phenoxy) is 1. The zero-order valence-corrected chi connectivity index (χ0v) is 11.1. The summed E-state index contributed by atoms with van der Waals surface area (Å²) in [6, 6.07) is 8.82. The lowest BCUT2D eigenvalue weighted by Crippen LogP contribution is -2.27. The molecule has 0 aromatic heterocycles. The van der Waals surface area contributed by atoms with E-state index in [4.69, 9.17) is 4.74 Å². The van der Waals surface area contributed by atoms with Gasteiger partial charge in [-0.2, -0.15) is 0 Å².